The lowest BCUT2D eigenvalue weighted by molar-refractivity contribution is -0.132. The first-order valence-corrected chi connectivity index (χ1v) is 19.8. The van der Waals surface area contributed by atoms with E-state index in [0.717, 1.165) is 32.8 Å². The van der Waals surface area contributed by atoms with Crippen LogP contribution in [0.25, 0.3) is 0 Å². The van der Waals surface area contributed by atoms with Gasteiger partial charge in [-0.25, -0.2) is 0 Å². The lowest BCUT2D eigenvalue weighted by Gasteiger charge is -2.14. The third kappa shape index (κ3) is 35.6. The number of hydrogen-bond acceptors (Lipinski definition) is 6. The molecular weight excluding hydrogens is 574 g/mol. The van der Waals surface area contributed by atoms with E-state index in [1.54, 1.807) is 0 Å². The van der Waals surface area contributed by atoms with Crippen LogP contribution in [0.4, 0.5) is 0 Å². The van der Waals surface area contributed by atoms with Gasteiger partial charge in [0.2, 0.25) is 0 Å². The molecular formula is C36H73NO6S. The van der Waals surface area contributed by atoms with Gasteiger partial charge in [0.25, 0.3) is 0 Å². The van der Waals surface area contributed by atoms with Crippen molar-refractivity contribution in [3.63, 3.8) is 0 Å². The number of unbranched alkanes of at least 4 members (excludes halogenated alkanes) is 24. The summed E-state index contributed by atoms with van der Waals surface area (Å²) in [6.45, 7) is 5.06. The van der Waals surface area contributed by atoms with E-state index < -0.39 is 16.3 Å². The monoisotopic (exact) mass is 648 g/mol. The molecule has 0 aliphatic rings. The summed E-state index contributed by atoms with van der Waals surface area (Å²) in [5.74, 6) is -0.0844. The van der Waals surface area contributed by atoms with Crippen LogP contribution in [-0.4, -0.2) is 45.2 Å². The highest BCUT2D eigenvalue weighted by Crippen LogP contribution is 2.17. The number of rotatable bonds is 33. The SMILES string of the molecule is CCCCCCCCCCCCCCCC(=O)C(CNC)C(=O)CCCCCCCCCCCCCCC.COS(=O)(=O)O. The van der Waals surface area contributed by atoms with E-state index in [0.29, 0.717) is 19.4 Å². The van der Waals surface area contributed by atoms with E-state index in [1.807, 2.05) is 7.05 Å². The number of hydrogen-bond donors (Lipinski definition) is 2. The van der Waals surface area contributed by atoms with Crippen molar-refractivity contribution in [2.45, 2.75) is 194 Å². The molecule has 0 saturated heterocycles. The quantitative estimate of drug-likeness (QED) is 0.0414. The molecule has 0 aliphatic heterocycles. The Labute approximate surface area is 273 Å². The maximum atomic E-state index is 12.7. The fourth-order valence-corrected chi connectivity index (χ4v) is 5.59. The lowest BCUT2D eigenvalue weighted by atomic mass is 9.91. The summed E-state index contributed by atoms with van der Waals surface area (Å²) in [6, 6.07) is 0. The molecule has 8 heteroatoms. The summed E-state index contributed by atoms with van der Waals surface area (Å²) in [7, 11) is -1.44. The first kappa shape index (κ1) is 45.3. The van der Waals surface area contributed by atoms with Crippen LogP contribution in [0.3, 0.4) is 0 Å². The molecule has 0 fully saturated rings. The van der Waals surface area contributed by atoms with Gasteiger partial charge in [-0.15, -0.1) is 0 Å². The molecule has 0 atom stereocenters. The first-order chi connectivity index (χ1) is 21.2. The summed E-state index contributed by atoms with van der Waals surface area (Å²) in [5, 5.41) is 3.09. The van der Waals surface area contributed by atoms with Crippen molar-refractivity contribution in [3.05, 3.63) is 0 Å². The standard InChI is InChI=1S/C35H69NO2.CH4O4S/c1-4-6-8-10-12-14-16-18-20-22-24-26-28-30-34(37)33(32-36-3)35(38)31-29-27-25-23-21-19-17-15-13-11-9-7-5-2;1-5-6(2,3)4/h33,36H,4-32H2,1-3H3;1H3,(H,2,3,4). The Kier molecular flexibility index (Phi) is 36.1. The summed E-state index contributed by atoms with van der Waals surface area (Å²) < 4.78 is 29.7. The first-order valence-electron chi connectivity index (χ1n) is 18.5. The van der Waals surface area contributed by atoms with Crippen LogP contribution >= 0.6 is 0 Å². The lowest BCUT2D eigenvalue weighted by Crippen LogP contribution is -2.33. The Hall–Kier alpha value is -0.830. The number of carbonyl (C=O) groups is 2. The van der Waals surface area contributed by atoms with Crippen LogP contribution in [0.1, 0.15) is 194 Å². The topological polar surface area (TPSA) is 110 Å². The predicted molar refractivity (Wildman–Crippen MR) is 187 cm³/mol. The van der Waals surface area contributed by atoms with Crippen LogP contribution in [0.5, 0.6) is 0 Å². The van der Waals surface area contributed by atoms with Gasteiger partial charge in [-0.05, 0) is 19.9 Å². The molecule has 0 aromatic heterocycles. The van der Waals surface area contributed by atoms with E-state index in [2.05, 4.69) is 23.3 Å². The van der Waals surface area contributed by atoms with Gasteiger partial charge in [-0.1, -0.05) is 168 Å². The molecule has 0 amide bonds. The molecule has 0 saturated carbocycles. The highest BCUT2D eigenvalue weighted by atomic mass is 32.3. The average molecular weight is 648 g/mol. The van der Waals surface area contributed by atoms with Crippen molar-refractivity contribution in [2.24, 2.45) is 5.92 Å². The van der Waals surface area contributed by atoms with Gasteiger partial charge in [-0.2, -0.15) is 8.42 Å². The Morgan fingerprint density at radius 1 is 0.545 bits per heavy atom. The number of Topliss-reactive ketones (excluding diaryl/α,β-unsaturated/α-hetero) is 2. The van der Waals surface area contributed by atoms with Crippen LogP contribution in [0.2, 0.25) is 0 Å². The third-order valence-electron chi connectivity index (χ3n) is 8.45. The van der Waals surface area contributed by atoms with Gasteiger partial charge >= 0.3 is 10.4 Å². The van der Waals surface area contributed by atoms with Crippen molar-refractivity contribution in [2.75, 3.05) is 20.7 Å². The molecule has 0 aromatic carbocycles. The van der Waals surface area contributed by atoms with Gasteiger partial charge in [0.05, 0.1) is 13.0 Å². The Morgan fingerprint density at radius 2 is 0.773 bits per heavy atom. The molecule has 7 nitrogen and oxygen atoms in total. The maximum Gasteiger partial charge on any atom is 0.397 e. The van der Waals surface area contributed by atoms with Crippen LogP contribution in [-0.2, 0) is 24.2 Å². The van der Waals surface area contributed by atoms with Gasteiger partial charge in [-0.3, -0.25) is 18.3 Å². The molecule has 0 heterocycles. The molecule has 264 valence electrons. The van der Waals surface area contributed by atoms with Crippen molar-refractivity contribution in [1.82, 2.24) is 5.32 Å². The van der Waals surface area contributed by atoms with Gasteiger partial charge in [0.1, 0.15) is 11.6 Å². The van der Waals surface area contributed by atoms with E-state index in [-0.39, 0.29) is 11.6 Å². The van der Waals surface area contributed by atoms with Crippen molar-refractivity contribution in [3.8, 4) is 0 Å². The normalized spacial score (nSPS) is 11.5. The second-order valence-electron chi connectivity index (χ2n) is 12.6. The van der Waals surface area contributed by atoms with Crippen molar-refractivity contribution >= 4 is 22.0 Å². The fourth-order valence-electron chi connectivity index (χ4n) is 5.59. The summed E-state index contributed by atoms with van der Waals surface area (Å²) in [4.78, 5) is 25.5. The molecule has 0 radical (unpaired) electrons. The summed E-state index contributed by atoms with van der Waals surface area (Å²) in [6.07, 6.45) is 35.3. The molecule has 0 bridgehead atoms. The summed E-state index contributed by atoms with van der Waals surface area (Å²) in [5.41, 5.74) is 0. The van der Waals surface area contributed by atoms with E-state index in [1.165, 1.54) is 141 Å². The van der Waals surface area contributed by atoms with Crippen molar-refractivity contribution in [1.29, 1.82) is 0 Å². The van der Waals surface area contributed by atoms with Crippen LogP contribution in [0.15, 0.2) is 0 Å². The highest BCUT2D eigenvalue weighted by molar-refractivity contribution is 7.80. The second kappa shape index (κ2) is 35.0. The maximum absolute atomic E-state index is 12.7. The third-order valence-corrected chi connectivity index (χ3v) is 8.87. The molecule has 44 heavy (non-hydrogen) atoms. The Bertz CT molecular complexity index is 686. The molecule has 0 rings (SSSR count). The zero-order valence-electron chi connectivity index (χ0n) is 29.5. The minimum Gasteiger partial charge on any atom is -0.319 e. The van der Waals surface area contributed by atoms with E-state index in [4.69, 9.17) is 4.55 Å². The molecule has 0 aromatic rings. The average Bonchev–Trinajstić information content (AvgIpc) is 3.00. The largest absolute Gasteiger partial charge is 0.397 e. The highest BCUT2D eigenvalue weighted by Gasteiger charge is 2.24. The van der Waals surface area contributed by atoms with E-state index in [9.17, 15) is 18.0 Å². The van der Waals surface area contributed by atoms with Gasteiger partial charge in [0, 0.05) is 19.4 Å². The Balaban J connectivity index is 0. The predicted octanol–water partition coefficient (Wildman–Crippen LogP) is 10.4. The molecule has 0 unspecified atom stereocenters. The number of carbonyl (C=O) groups excluding carboxylic acids is 2. The molecule has 2 N–H and O–H groups in total. The minimum absolute atomic E-state index is 0.169. The van der Waals surface area contributed by atoms with Gasteiger partial charge < -0.3 is 5.32 Å². The number of ketones is 2. The van der Waals surface area contributed by atoms with Crippen LogP contribution in [0, 0.1) is 5.92 Å². The minimum atomic E-state index is -4.16. The zero-order valence-corrected chi connectivity index (χ0v) is 30.3. The second-order valence-corrected chi connectivity index (χ2v) is 13.8. The Morgan fingerprint density at radius 3 is 0.977 bits per heavy atom. The smallest absolute Gasteiger partial charge is 0.319 e. The number of nitrogens with one attached hydrogen (secondary N) is 1. The van der Waals surface area contributed by atoms with Gasteiger partial charge in [0.15, 0.2) is 0 Å². The molecule has 0 spiro atoms. The fraction of sp³-hybridized carbons (Fsp3) is 0.944. The van der Waals surface area contributed by atoms with Crippen molar-refractivity contribution < 1.29 is 26.7 Å². The van der Waals surface area contributed by atoms with Crippen LogP contribution < -0.4 is 5.32 Å². The van der Waals surface area contributed by atoms with E-state index >= 15 is 0 Å². The zero-order chi connectivity index (χ0) is 33.2. The molecule has 0 aliphatic carbocycles. The summed E-state index contributed by atoms with van der Waals surface area (Å²) >= 11 is 0.